The summed E-state index contributed by atoms with van der Waals surface area (Å²) < 4.78 is 11.6. The Bertz CT molecular complexity index is 1310. The largest absolute Gasteiger partial charge is 0.481 e. The summed E-state index contributed by atoms with van der Waals surface area (Å²) in [4.78, 5) is 26.1. The molecular formula is C26H22ClNO4. The number of para-hydroxylation sites is 1. The first-order valence-corrected chi connectivity index (χ1v) is 10.6. The Kier molecular flexibility index (Phi) is 6.01. The van der Waals surface area contributed by atoms with Gasteiger partial charge in [-0.05, 0) is 56.7 Å². The average molecular weight is 448 g/mol. The molecule has 5 nitrogen and oxygen atoms in total. The van der Waals surface area contributed by atoms with Crippen molar-refractivity contribution in [2.45, 2.75) is 26.9 Å². The van der Waals surface area contributed by atoms with Gasteiger partial charge in [0, 0.05) is 16.0 Å². The van der Waals surface area contributed by atoms with Crippen LogP contribution in [-0.4, -0.2) is 17.8 Å². The molecule has 0 unspecified atom stereocenters. The van der Waals surface area contributed by atoms with Crippen LogP contribution in [0, 0.1) is 13.8 Å². The Labute approximate surface area is 191 Å². The summed E-state index contributed by atoms with van der Waals surface area (Å²) in [7, 11) is 0. The average Bonchev–Trinajstić information content (AvgIpc) is 3.14. The summed E-state index contributed by atoms with van der Waals surface area (Å²) in [5, 5.41) is 4.11. The molecule has 1 N–H and O–H groups in total. The molecule has 6 heteroatoms. The van der Waals surface area contributed by atoms with E-state index in [1.54, 1.807) is 49.4 Å². The predicted octanol–water partition coefficient (Wildman–Crippen LogP) is 6.34. The lowest BCUT2D eigenvalue weighted by molar-refractivity contribution is -0.122. The van der Waals surface area contributed by atoms with E-state index in [1.165, 1.54) is 0 Å². The van der Waals surface area contributed by atoms with Crippen LogP contribution in [0.5, 0.6) is 5.75 Å². The van der Waals surface area contributed by atoms with Crippen LogP contribution >= 0.6 is 11.6 Å². The van der Waals surface area contributed by atoms with E-state index in [2.05, 4.69) is 5.32 Å². The summed E-state index contributed by atoms with van der Waals surface area (Å²) in [6.07, 6.45) is -0.813. The number of aryl methyl sites for hydroxylation is 2. The Balaban J connectivity index is 1.63. The highest BCUT2D eigenvalue weighted by molar-refractivity contribution is 6.31. The lowest BCUT2D eigenvalue weighted by atomic mass is 10.1. The number of ether oxygens (including phenoxy) is 1. The first-order valence-electron chi connectivity index (χ1n) is 10.2. The first kappa shape index (κ1) is 21.7. The predicted molar refractivity (Wildman–Crippen MR) is 126 cm³/mol. The Morgan fingerprint density at radius 1 is 1.00 bits per heavy atom. The van der Waals surface area contributed by atoms with Crippen molar-refractivity contribution in [2.24, 2.45) is 0 Å². The molecule has 0 spiro atoms. The van der Waals surface area contributed by atoms with E-state index in [0.717, 1.165) is 11.1 Å². The number of amides is 1. The standard InChI is InChI=1S/C26H22ClNO4/c1-15-8-10-18(11-9-15)24(29)25-23(20-6-4-5-7-22(20)32-25)28-26(30)17(3)31-19-12-13-21(27)16(2)14-19/h4-14,17H,1-3H3,(H,28,30)/t17-/m0/s1. The van der Waals surface area contributed by atoms with Crippen molar-refractivity contribution in [3.05, 3.63) is 94.2 Å². The number of nitrogens with one attached hydrogen (secondary N) is 1. The van der Waals surface area contributed by atoms with Crippen molar-refractivity contribution < 1.29 is 18.7 Å². The van der Waals surface area contributed by atoms with Gasteiger partial charge in [0.1, 0.15) is 11.3 Å². The number of benzene rings is 3. The Hall–Kier alpha value is -3.57. The highest BCUT2D eigenvalue weighted by Crippen LogP contribution is 2.33. The number of hydrogen-bond donors (Lipinski definition) is 1. The van der Waals surface area contributed by atoms with Crippen molar-refractivity contribution in [2.75, 3.05) is 5.32 Å². The fraction of sp³-hybridized carbons (Fsp3) is 0.154. The van der Waals surface area contributed by atoms with E-state index in [9.17, 15) is 9.59 Å². The van der Waals surface area contributed by atoms with E-state index in [-0.39, 0.29) is 11.5 Å². The van der Waals surface area contributed by atoms with Crippen LogP contribution in [0.4, 0.5) is 5.69 Å². The summed E-state index contributed by atoms with van der Waals surface area (Å²) in [5.74, 6) is -0.0963. The second-order valence-electron chi connectivity index (χ2n) is 7.66. The second-order valence-corrected chi connectivity index (χ2v) is 8.07. The van der Waals surface area contributed by atoms with Gasteiger partial charge >= 0.3 is 0 Å². The van der Waals surface area contributed by atoms with Crippen molar-refractivity contribution in [3.8, 4) is 5.75 Å². The minimum atomic E-state index is -0.813. The molecule has 32 heavy (non-hydrogen) atoms. The number of fused-ring (bicyclic) bond motifs is 1. The third-order valence-corrected chi connectivity index (χ3v) is 5.60. The molecule has 1 atom stereocenters. The molecule has 0 aliphatic carbocycles. The molecule has 4 rings (SSSR count). The van der Waals surface area contributed by atoms with Crippen molar-refractivity contribution >= 4 is 39.9 Å². The number of carbonyl (C=O) groups excluding carboxylic acids is 2. The summed E-state index contributed by atoms with van der Waals surface area (Å²) in [6, 6.07) is 19.6. The maximum absolute atomic E-state index is 13.2. The molecular weight excluding hydrogens is 426 g/mol. The molecule has 0 aliphatic rings. The quantitative estimate of drug-likeness (QED) is 0.350. The Morgan fingerprint density at radius 3 is 2.44 bits per heavy atom. The van der Waals surface area contributed by atoms with E-state index in [0.29, 0.717) is 33.0 Å². The van der Waals surface area contributed by atoms with Crippen molar-refractivity contribution in [1.82, 2.24) is 0 Å². The van der Waals surface area contributed by atoms with E-state index >= 15 is 0 Å². The van der Waals surface area contributed by atoms with Gasteiger partial charge in [0.05, 0.1) is 5.69 Å². The topological polar surface area (TPSA) is 68.5 Å². The van der Waals surface area contributed by atoms with Gasteiger partial charge in [-0.15, -0.1) is 0 Å². The van der Waals surface area contributed by atoms with Gasteiger partial charge in [0.2, 0.25) is 5.78 Å². The van der Waals surface area contributed by atoms with Crippen LogP contribution in [0.1, 0.15) is 34.2 Å². The number of ketones is 1. The number of anilines is 1. The van der Waals surface area contributed by atoms with Crippen molar-refractivity contribution in [3.63, 3.8) is 0 Å². The molecule has 0 fully saturated rings. The summed E-state index contributed by atoms with van der Waals surface area (Å²) in [5.41, 5.74) is 3.22. The van der Waals surface area contributed by atoms with Gasteiger partial charge in [-0.1, -0.05) is 53.6 Å². The highest BCUT2D eigenvalue weighted by atomic mass is 35.5. The molecule has 0 saturated heterocycles. The maximum atomic E-state index is 13.2. The number of furan rings is 1. The van der Waals surface area contributed by atoms with Crippen LogP contribution in [0.15, 0.2) is 71.1 Å². The second kappa shape index (κ2) is 8.89. The fourth-order valence-electron chi connectivity index (χ4n) is 3.34. The van der Waals surface area contributed by atoms with Crippen LogP contribution in [0.2, 0.25) is 5.02 Å². The molecule has 0 aliphatic heterocycles. The van der Waals surface area contributed by atoms with Crippen molar-refractivity contribution in [1.29, 1.82) is 0 Å². The lowest BCUT2D eigenvalue weighted by Crippen LogP contribution is -2.30. The molecule has 1 aromatic heterocycles. The Morgan fingerprint density at radius 2 is 1.72 bits per heavy atom. The van der Waals surface area contributed by atoms with Gasteiger partial charge in [-0.2, -0.15) is 0 Å². The molecule has 0 bridgehead atoms. The van der Waals surface area contributed by atoms with Gasteiger partial charge in [0.15, 0.2) is 11.9 Å². The summed E-state index contributed by atoms with van der Waals surface area (Å²) >= 11 is 6.06. The number of halogens is 1. The molecule has 4 aromatic rings. The zero-order chi connectivity index (χ0) is 22.8. The molecule has 1 heterocycles. The van der Waals surface area contributed by atoms with Gasteiger partial charge in [-0.3, -0.25) is 9.59 Å². The monoisotopic (exact) mass is 447 g/mol. The molecule has 1 amide bonds. The molecule has 0 saturated carbocycles. The lowest BCUT2D eigenvalue weighted by Gasteiger charge is -2.15. The fourth-order valence-corrected chi connectivity index (χ4v) is 3.46. The first-order chi connectivity index (χ1) is 15.3. The zero-order valence-corrected chi connectivity index (χ0v) is 18.7. The smallest absolute Gasteiger partial charge is 0.265 e. The minimum Gasteiger partial charge on any atom is -0.481 e. The third kappa shape index (κ3) is 4.39. The number of rotatable bonds is 6. The minimum absolute atomic E-state index is 0.0814. The molecule has 162 valence electrons. The zero-order valence-electron chi connectivity index (χ0n) is 17.9. The van der Waals surface area contributed by atoms with E-state index in [4.69, 9.17) is 20.8 Å². The van der Waals surface area contributed by atoms with Gasteiger partial charge < -0.3 is 14.5 Å². The SMILES string of the molecule is Cc1ccc(C(=O)c2oc3ccccc3c2NC(=O)[C@H](C)Oc2ccc(Cl)c(C)c2)cc1. The summed E-state index contributed by atoms with van der Waals surface area (Å²) in [6.45, 7) is 5.45. The van der Waals surface area contributed by atoms with Crippen LogP contribution in [0.25, 0.3) is 11.0 Å². The normalized spacial score (nSPS) is 11.9. The van der Waals surface area contributed by atoms with Crippen LogP contribution in [0.3, 0.4) is 0 Å². The van der Waals surface area contributed by atoms with Gasteiger partial charge in [0.25, 0.3) is 5.91 Å². The maximum Gasteiger partial charge on any atom is 0.265 e. The van der Waals surface area contributed by atoms with Gasteiger partial charge in [-0.25, -0.2) is 0 Å². The highest BCUT2D eigenvalue weighted by Gasteiger charge is 2.25. The molecule has 3 aromatic carbocycles. The van der Waals surface area contributed by atoms with E-state index < -0.39 is 12.0 Å². The van der Waals surface area contributed by atoms with Crippen LogP contribution < -0.4 is 10.1 Å². The van der Waals surface area contributed by atoms with Crippen LogP contribution in [-0.2, 0) is 4.79 Å². The number of hydrogen-bond acceptors (Lipinski definition) is 4. The molecule has 0 radical (unpaired) electrons. The van der Waals surface area contributed by atoms with E-state index in [1.807, 2.05) is 38.1 Å². The third-order valence-electron chi connectivity index (χ3n) is 5.18. The number of carbonyl (C=O) groups is 2.